The van der Waals surface area contributed by atoms with E-state index in [9.17, 15) is 14.7 Å². The Balaban J connectivity index is 3.59. The van der Waals surface area contributed by atoms with Gasteiger partial charge >= 0.3 is 11.9 Å². The fraction of sp³-hybridized carbons (Fsp3) is 0.931. The van der Waals surface area contributed by atoms with Gasteiger partial charge in [0.15, 0.2) is 12.2 Å². The molecule has 0 saturated heterocycles. The normalized spacial score (nSPS) is 13.5. The molecule has 0 spiro atoms. The molecule has 0 fully saturated rings. The van der Waals surface area contributed by atoms with Gasteiger partial charge in [0.05, 0.1) is 27.6 Å². The standard InChI is InChI=1S/C29H57NO5/c1-5-6-7-8-9-10-11-12-13-14-15-16-17-18-19-20-21-22-23-27(31)29(34)35-26(24-28(32)33)25-30(2,3)4/h26-27,31H,5-25H2,1-4H3/p+1. The summed E-state index contributed by atoms with van der Waals surface area (Å²) in [5.74, 6) is -1.70. The Morgan fingerprint density at radius 2 is 1.06 bits per heavy atom. The van der Waals surface area contributed by atoms with Gasteiger partial charge < -0.3 is 19.4 Å². The third-order valence-electron chi connectivity index (χ3n) is 6.54. The second-order valence-electron chi connectivity index (χ2n) is 11.4. The van der Waals surface area contributed by atoms with Gasteiger partial charge in [0, 0.05) is 0 Å². The third kappa shape index (κ3) is 24.3. The number of carboxylic acids is 1. The third-order valence-corrected chi connectivity index (χ3v) is 6.54. The van der Waals surface area contributed by atoms with Crippen molar-refractivity contribution < 1.29 is 29.0 Å². The first-order valence-electron chi connectivity index (χ1n) is 14.6. The highest BCUT2D eigenvalue weighted by Gasteiger charge is 2.27. The molecule has 35 heavy (non-hydrogen) atoms. The van der Waals surface area contributed by atoms with Crippen LogP contribution in [-0.2, 0) is 14.3 Å². The maximum absolute atomic E-state index is 12.2. The smallest absolute Gasteiger partial charge is 0.335 e. The quantitative estimate of drug-likeness (QED) is 0.0811. The van der Waals surface area contributed by atoms with Crippen molar-refractivity contribution in [1.29, 1.82) is 0 Å². The number of hydrogen-bond donors (Lipinski definition) is 2. The topological polar surface area (TPSA) is 83.8 Å². The summed E-state index contributed by atoms with van der Waals surface area (Å²) in [6.45, 7) is 2.66. The van der Waals surface area contributed by atoms with Crippen LogP contribution in [0.2, 0.25) is 0 Å². The number of carbonyl (C=O) groups is 2. The van der Waals surface area contributed by atoms with Crippen LogP contribution in [-0.4, -0.2) is 66.5 Å². The predicted molar refractivity (Wildman–Crippen MR) is 144 cm³/mol. The van der Waals surface area contributed by atoms with Crippen molar-refractivity contribution in [3.63, 3.8) is 0 Å². The Bertz CT molecular complexity index is 518. The maximum Gasteiger partial charge on any atom is 0.335 e. The van der Waals surface area contributed by atoms with Crippen LogP contribution in [0.15, 0.2) is 0 Å². The number of nitrogens with zero attached hydrogens (tertiary/aromatic N) is 1. The van der Waals surface area contributed by atoms with E-state index in [0.29, 0.717) is 17.4 Å². The molecule has 2 atom stereocenters. The molecule has 0 saturated carbocycles. The van der Waals surface area contributed by atoms with Crippen molar-refractivity contribution in [1.82, 2.24) is 0 Å². The number of quaternary nitrogens is 1. The Hall–Kier alpha value is -1.14. The predicted octanol–water partition coefficient (Wildman–Crippen LogP) is 6.87. The number of unbranched alkanes of at least 4 members (excludes halogenated alkanes) is 17. The van der Waals surface area contributed by atoms with Gasteiger partial charge in [-0.15, -0.1) is 0 Å². The second-order valence-corrected chi connectivity index (χ2v) is 11.4. The molecule has 0 aliphatic heterocycles. The fourth-order valence-electron chi connectivity index (χ4n) is 4.55. The lowest BCUT2D eigenvalue weighted by atomic mass is 10.0. The van der Waals surface area contributed by atoms with Gasteiger partial charge in [-0.3, -0.25) is 4.79 Å². The number of rotatable bonds is 25. The lowest BCUT2D eigenvalue weighted by Crippen LogP contribution is -2.44. The zero-order valence-electron chi connectivity index (χ0n) is 23.6. The summed E-state index contributed by atoms with van der Waals surface area (Å²) < 4.78 is 5.79. The highest BCUT2D eigenvalue weighted by molar-refractivity contribution is 5.75. The van der Waals surface area contributed by atoms with Crippen molar-refractivity contribution in [3.8, 4) is 0 Å². The van der Waals surface area contributed by atoms with Crippen LogP contribution in [0.5, 0.6) is 0 Å². The lowest BCUT2D eigenvalue weighted by molar-refractivity contribution is -0.873. The van der Waals surface area contributed by atoms with E-state index in [1.165, 1.54) is 96.3 Å². The summed E-state index contributed by atoms with van der Waals surface area (Å²) in [4.78, 5) is 23.2. The summed E-state index contributed by atoms with van der Waals surface area (Å²) in [5, 5.41) is 19.2. The van der Waals surface area contributed by atoms with E-state index in [1.54, 1.807) is 0 Å². The van der Waals surface area contributed by atoms with Crippen molar-refractivity contribution in [2.45, 2.75) is 148 Å². The molecule has 208 valence electrons. The summed E-state index contributed by atoms with van der Waals surface area (Å²) in [6, 6.07) is 0. The molecule has 6 nitrogen and oxygen atoms in total. The molecular formula is C29H58NO5+. The minimum absolute atomic E-state index is 0.243. The Morgan fingerprint density at radius 3 is 1.40 bits per heavy atom. The first-order valence-corrected chi connectivity index (χ1v) is 14.6. The number of hydrogen-bond acceptors (Lipinski definition) is 4. The van der Waals surface area contributed by atoms with E-state index >= 15 is 0 Å². The number of likely N-dealkylation sites (N-methyl/N-ethyl adjacent to an activating group) is 1. The summed E-state index contributed by atoms with van der Waals surface area (Å²) in [7, 11) is 5.74. The molecule has 0 heterocycles. The van der Waals surface area contributed by atoms with E-state index in [-0.39, 0.29) is 6.42 Å². The van der Waals surface area contributed by atoms with E-state index in [0.717, 1.165) is 19.3 Å². The van der Waals surface area contributed by atoms with Crippen molar-refractivity contribution in [2.75, 3.05) is 27.7 Å². The summed E-state index contributed by atoms with van der Waals surface area (Å²) in [6.07, 6.45) is 21.7. The average molecular weight is 501 g/mol. The molecule has 0 radical (unpaired) electrons. The second kappa shape index (κ2) is 22.1. The van der Waals surface area contributed by atoms with Crippen LogP contribution in [0.25, 0.3) is 0 Å². The zero-order valence-corrected chi connectivity index (χ0v) is 23.6. The van der Waals surface area contributed by atoms with Gasteiger partial charge in [-0.1, -0.05) is 122 Å². The summed E-state index contributed by atoms with van der Waals surface area (Å²) in [5.41, 5.74) is 0. The minimum Gasteiger partial charge on any atom is -0.481 e. The first kappa shape index (κ1) is 33.9. The highest BCUT2D eigenvalue weighted by Crippen LogP contribution is 2.15. The first-order chi connectivity index (χ1) is 16.7. The van der Waals surface area contributed by atoms with Crippen molar-refractivity contribution in [2.24, 2.45) is 0 Å². The molecule has 0 aliphatic rings. The van der Waals surface area contributed by atoms with E-state index in [4.69, 9.17) is 9.84 Å². The molecule has 0 aromatic carbocycles. The van der Waals surface area contributed by atoms with Gasteiger partial charge in [-0.25, -0.2) is 4.79 Å². The van der Waals surface area contributed by atoms with E-state index < -0.39 is 24.1 Å². The molecule has 0 amide bonds. The van der Waals surface area contributed by atoms with E-state index in [1.807, 2.05) is 21.1 Å². The largest absolute Gasteiger partial charge is 0.481 e. The molecule has 0 aromatic heterocycles. The molecule has 0 aromatic rings. The van der Waals surface area contributed by atoms with Crippen LogP contribution in [0.3, 0.4) is 0 Å². The maximum atomic E-state index is 12.2. The Labute approximate surface area is 216 Å². The van der Waals surface area contributed by atoms with Gasteiger partial charge in [0.25, 0.3) is 0 Å². The molecule has 0 rings (SSSR count). The van der Waals surface area contributed by atoms with Gasteiger partial charge in [-0.2, -0.15) is 0 Å². The van der Waals surface area contributed by atoms with Crippen LogP contribution in [0, 0.1) is 0 Å². The van der Waals surface area contributed by atoms with Crippen LogP contribution < -0.4 is 0 Å². The van der Waals surface area contributed by atoms with Crippen molar-refractivity contribution >= 4 is 11.9 Å². The zero-order chi connectivity index (χ0) is 26.4. The molecule has 2 unspecified atom stereocenters. The fourth-order valence-corrected chi connectivity index (χ4v) is 4.55. The Kier molecular flexibility index (Phi) is 21.4. The number of aliphatic carboxylic acids is 1. The van der Waals surface area contributed by atoms with Gasteiger partial charge in [-0.05, 0) is 6.42 Å². The van der Waals surface area contributed by atoms with Gasteiger partial charge in [0.1, 0.15) is 6.54 Å². The van der Waals surface area contributed by atoms with E-state index in [2.05, 4.69) is 6.92 Å². The lowest BCUT2D eigenvalue weighted by Gasteiger charge is -2.28. The molecule has 0 aliphatic carbocycles. The van der Waals surface area contributed by atoms with Crippen LogP contribution in [0.1, 0.15) is 135 Å². The molecule has 2 N–H and O–H groups in total. The molecular weight excluding hydrogens is 442 g/mol. The number of carboxylic acid groups (broad SMARTS) is 1. The SMILES string of the molecule is CCCCCCCCCCCCCCCCCCCCC(O)C(=O)OC(CC(=O)O)C[N+](C)(C)C. The average Bonchev–Trinajstić information content (AvgIpc) is 2.76. The monoisotopic (exact) mass is 500 g/mol. The van der Waals surface area contributed by atoms with Crippen LogP contribution >= 0.6 is 0 Å². The van der Waals surface area contributed by atoms with Gasteiger partial charge in [0.2, 0.25) is 0 Å². The highest BCUT2D eigenvalue weighted by atomic mass is 16.6. The Morgan fingerprint density at radius 1 is 0.686 bits per heavy atom. The number of aliphatic hydroxyl groups excluding tert-OH is 1. The van der Waals surface area contributed by atoms with Crippen LogP contribution in [0.4, 0.5) is 0 Å². The number of esters is 1. The minimum atomic E-state index is -1.17. The number of carbonyl (C=O) groups excluding carboxylic acids is 1. The number of aliphatic hydroxyl groups is 1. The number of ether oxygens (including phenoxy) is 1. The molecule has 6 heteroatoms. The summed E-state index contributed by atoms with van der Waals surface area (Å²) >= 11 is 0. The van der Waals surface area contributed by atoms with Crippen molar-refractivity contribution in [3.05, 3.63) is 0 Å². The molecule has 0 bridgehead atoms.